The predicted molar refractivity (Wildman–Crippen MR) is 44.0 cm³/mol. The summed E-state index contributed by atoms with van der Waals surface area (Å²) in [6, 6.07) is 1.16. The van der Waals surface area contributed by atoms with Crippen molar-refractivity contribution in [3.05, 3.63) is 34.4 Å². The van der Waals surface area contributed by atoms with Gasteiger partial charge in [0.05, 0.1) is 5.02 Å². The number of carboxylic acids is 1. The zero-order chi connectivity index (χ0) is 10.9. The molecule has 14 heavy (non-hydrogen) atoms. The van der Waals surface area contributed by atoms with Crippen molar-refractivity contribution in [2.45, 2.75) is 6.10 Å². The lowest BCUT2D eigenvalue weighted by atomic mass is 10.1. The summed E-state index contributed by atoms with van der Waals surface area (Å²) in [7, 11) is 0. The van der Waals surface area contributed by atoms with Crippen LogP contribution in [0.4, 0.5) is 8.78 Å². The highest BCUT2D eigenvalue weighted by atomic mass is 35.5. The summed E-state index contributed by atoms with van der Waals surface area (Å²) in [6.45, 7) is 0. The maximum atomic E-state index is 12.6. The average molecular weight is 223 g/mol. The van der Waals surface area contributed by atoms with E-state index in [0.29, 0.717) is 12.1 Å². The van der Waals surface area contributed by atoms with Crippen LogP contribution in [-0.4, -0.2) is 16.2 Å². The molecule has 0 aromatic heterocycles. The molecule has 0 aliphatic carbocycles. The summed E-state index contributed by atoms with van der Waals surface area (Å²) in [5.41, 5.74) is -0.377. The van der Waals surface area contributed by atoms with Gasteiger partial charge in [0, 0.05) is 5.56 Å². The number of carbonyl (C=O) groups is 1. The second-order valence-electron chi connectivity index (χ2n) is 2.53. The normalized spacial score (nSPS) is 12.6. The summed E-state index contributed by atoms with van der Waals surface area (Å²) < 4.78 is 25.2. The molecular weight excluding hydrogens is 218 g/mol. The van der Waals surface area contributed by atoms with E-state index in [-0.39, 0.29) is 10.6 Å². The number of carboxylic acid groups (broad SMARTS) is 1. The van der Waals surface area contributed by atoms with Crippen molar-refractivity contribution in [3.8, 4) is 0 Å². The smallest absolute Gasteiger partial charge is 0.337 e. The Hall–Kier alpha value is -1.20. The number of hydrogen-bond acceptors (Lipinski definition) is 2. The molecule has 1 atom stereocenters. The van der Waals surface area contributed by atoms with Crippen LogP contribution in [0.5, 0.6) is 0 Å². The Kier molecular flexibility index (Phi) is 3.03. The first kappa shape index (κ1) is 10.9. The van der Waals surface area contributed by atoms with E-state index in [1.807, 2.05) is 0 Å². The van der Waals surface area contributed by atoms with E-state index in [9.17, 15) is 13.6 Å². The fraction of sp³-hybridized carbons (Fsp3) is 0.125. The maximum Gasteiger partial charge on any atom is 0.337 e. The Morgan fingerprint density at radius 2 is 1.86 bits per heavy atom. The van der Waals surface area contributed by atoms with Gasteiger partial charge in [-0.15, -0.1) is 0 Å². The third-order valence-electron chi connectivity index (χ3n) is 1.57. The molecule has 1 aromatic carbocycles. The van der Waals surface area contributed by atoms with Gasteiger partial charge in [-0.3, -0.25) is 0 Å². The topological polar surface area (TPSA) is 57.5 Å². The van der Waals surface area contributed by atoms with Gasteiger partial charge in [0.25, 0.3) is 0 Å². The molecular formula is C8H5ClF2O3. The minimum atomic E-state index is -1.96. The molecule has 0 bridgehead atoms. The van der Waals surface area contributed by atoms with Crippen molar-refractivity contribution in [2.24, 2.45) is 0 Å². The molecule has 0 aliphatic heterocycles. The van der Waals surface area contributed by atoms with Crippen molar-refractivity contribution in [3.63, 3.8) is 0 Å². The first-order valence-corrected chi connectivity index (χ1v) is 3.86. The second-order valence-corrected chi connectivity index (χ2v) is 2.94. The lowest BCUT2D eigenvalue weighted by molar-refractivity contribution is -0.146. The molecule has 0 saturated carbocycles. The van der Waals surface area contributed by atoms with Crippen molar-refractivity contribution in [1.29, 1.82) is 0 Å². The number of benzene rings is 1. The zero-order valence-corrected chi connectivity index (χ0v) is 7.42. The lowest BCUT2D eigenvalue weighted by Gasteiger charge is -2.08. The van der Waals surface area contributed by atoms with Crippen LogP contribution in [0.2, 0.25) is 5.02 Å². The van der Waals surface area contributed by atoms with E-state index in [0.717, 1.165) is 0 Å². The number of halogens is 3. The largest absolute Gasteiger partial charge is 0.479 e. The number of aliphatic hydroxyl groups excluding tert-OH is 1. The molecule has 3 nitrogen and oxygen atoms in total. The van der Waals surface area contributed by atoms with Crippen LogP contribution in [0, 0.1) is 11.6 Å². The number of rotatable bonds is 2. The molecule has 1 rings (SSSR count). The van der Waals surface area contributed by atoms with Gasteiger partial charge >= 0.3 is 5.97 Å². The van der Waals surface area contributed by atoms with E-state index in [1.165, 1.54) is 0 Å². The van der Waals surface area contributed by atoms with Gasteiger partial charge in [-0.2, -0.15) is 0 Å². The Bertz CT molecular complexity index is 381. The molecule has 1 unspecified atom stereocenters. The second kappa shape index (κ2) is 3.89. The third kappa shape index (κ3) is 2.00. The first-order valence-electron chi connectivity index (χ1n) is 3.48. The lowest BCUT2D eigenvalue weighted by Crippen LogP contribution is -2.11. The summed E-state index contributed by atoms with van der Waals surface area (Å²) in [4.78, 5) is 10.3. The monoisotopic (exact) mass is 222 g/mol. The van der Waals surface area contributed by atoms with Crippen LogP contribution in [0.3, 0.4) is 0 Å². The van der Waals surface area contributed by atoms with E-state index in [4.69, 9.17) is 21.8 Å². The van der Waals surface area contributed by atoms with E-state index >= 15 is 0 Å². The van der Waals surface area contributed by atoms with Crippen LogP contribution in [-0.2, 0) is 4.79 Å². The Morgan fingerprint density at radius 3 is 2.36 bits per heavy atom. The molecule has 2 N–H and O–H groups in total. The number of hydrogen-bond donors (Lipinski definition) is 2. The minimum absolute atomic E-state index is 0.334. The summed E-state index contributed by atoms with van der Waals surface area (Å²) in [6.07, 6.45) is -1.96. The molecule has 0 spiro atoms. The predicted octanol–water partition coefficient (Wildman–Crippen LogP) is 1.74. The van der Waals surface area contributed by atoms with Crippen molar-refractivity contribution < 1.29 is 23.8 Å². The van der Waals surface area contributed by atoms with E-state index < -0.39 is 23.7 Å². The molecule has 0 fully saturated rings. The molecule has 6 heteroatoms. The Labute approximate surface area is 82.5 Å². The van der Waals surface area contributed by atoms with Crippen LogP contribution in [0.15, 0.2) is 12.1 Å². The molecule has 76 valence electrons. The highest BCUT2D eigenvalue weighted by molar-refractivity contribution is 6.31. The highest BCUT2D eigenvalue weighted by Gasteiger charge is 2.21. The third-order valence-corrected chi connectivity index (χ3v) is 1.90. The SMILES string of the molecule is O=C(O)C(O)c1cc(F)c(F)cc1Cl. The Balaban J connectivity index is 3.22. The fourth-order valence-corrected chi connectivity index (χ4v) is 1.13. The maximum absolute atomic E-state index is 12.6. The van der Waals surface area contributed by atoms with E-state index in [2.05, 4.69) is 0 Å². The van der Waals surface area contributed by atoms with Crippen LogP contribution in [0.25, 0.3) is 0 Å². The fourth-order valence-electron chi connectivity index (χ4n) is 0.881. The quantitative estimate of drug-likeness (QED) is 0.750. The average Bonchev–Trinajstić information content (AvgIpc) is 2.10. The molecule has 1 aromatic rings. The van der Waals surface area contributed by atoms with Gasteiger partial charge in [0.1, 0.15) is 0 Å². The van der Waals surface area contributed by atoms with Gasteiger partial charge in [-0.05, 0) is 12.1 Å². The van der Waals surface area contributed by atoms with Crippen molar-refractivity contribution in [2.75, 3.05) is 0 Å². The van der Waals surface area contributed by atoms with Gasteiger partial charge in [-0.25, -0.2) is 13.6 Å². The van der Waals surface area contributed by atoms with Crippen molar-refractivity contribution >= 4 is 17.6 Å². The molecule has 0 radical (unpaired) electrons. The van der Waals surface area contributed by atoms with Gasteiger partial charge in [-0.1, -0.05) is 11.6 Å². The molecule has 0 amide bonds. The van der Waals surface area contributed by atoms with Crippen molar-refractivity contribution in [1.82, 2.24) is 0 Å². The summed E-state index contributed by atoms with van der Waals surface area (Å²) in [5, 5.41) is 17.1. The summed E-state index contributed by atoms with van der Waals surface area (Å²) >= 11 is 5.41. The van der Waals surface area contributed by atoms with Crippen LogP contribution in [0.1, 0.15) is 11.7 Å². The van der Waals surface area contributed by atoms with Crippen LogP contribution >= 0.6 is 11.6 Å². The molecule has 0 saturated heterocycles. The standard InChI is InChI=1S/C8H5ClF2O3/c9-4-2-6(11)5(10)1-3(4)7(12)8(13)14/h1-2,7,12H,(H,13,14). The molecule has 0 aliphatic rings. The zero-order valence-electron chi connectivity index (χ0n) is 6.67. The van der Waals surface area contributed by atoms with Crippen LogP contribution < -0.4 is 0 Å². The van der Waals surface area contributed by atoms with Gasteiger partial charge in [0.15, 0.2) is 17.7 Å². The first-order chi connectivity index (χ1) is 6.43. The highest BCUT2D eigenvalue weighted by Crippen LogP contribution is 2.25. The van der Waals surface area contributed by atoms with Gasteiger partial charge in [0.2, 0.25) is 0 Å². The van der Waals surface area contributed by atoms with E-state index in [1.54, 1.807) is 0 Å². The summed E-state index contributed by atoms with van der Waals surface area (Å²) in [5.74, 6) is -4.04. The minimum Gasteiger partial charge on any atom is -0.479 e. The van der Waals surface area contributed by atoms with Gasteiger partial charge < -0.3 is 10.2 Å². The molecule has 0 heterocycles. The Morgan fingerprint density at radius 1 is 1.36 bits per heavy atom. The number of aliphatic carboxylic acids is 1. The number of aliphatic hydroxyl groups is 1.